The molecule has 0 aromatic heterocycles. The number of rotatable bonds is 4. The van der Waals surface area contributed by atoms with Crippen LogP contribution in [0.1, 0.15) is 37.3 Å². The molecule has 2 aromatic rings. The third-order valence-corrected chi connectivity index (χ3v) is 4.50. The lowest BCUT2D eigenvalue weighted by molar-refractivity contribution is 0.447. The largest absolute Gasteiger partial charge is 0.206 e. The number of halogens is 4. The van der Waals surface area contributed by atoms with E-state index in [9.17, 15) is 17.6 Å². The minimum absolute atomic E-state index is 0.00691. The Hall–Kier alpha value is -2.10. The molecule has 0 spiro atoms. The lowest BCUT2D eigenvalue weighted by atomic mass is 9.87. The summed E-state index contributed by atoms with van der Waals surface area (Å²) < 4.78 is 54.7. The summed E-state index contributed by atoms with van der Waals surface area (Å²) in [6.45, 7) is 2.13. The van der Waals surface area contributed by atoms with Gasteiger partial charge in [0, 0.05) is 5.56 Å². The third kappa shape index (κ3) is 3.10. The highest BCUT2D eigenvalue weighted by Gasteiger charge is 2.20. The maximum atomic E-state index is 14.8. The SMILES string of the molecule is CCCCC1=CCc2c(ccc(-c3cc(F)c(F)c(F)c3)c2F)C1. The molecule has 0 aliphatic heterocycles. The van der Waals surface area contributed by atoms with Crippen molar-refractivity contribution >= 4 is 0 Å². The zero-order chi connectivity index (χ0) is 17.3. The molecule has 0 radical (unpaired) electrons. The number of benzene rings is 2. The van der Waals surface area contributed by atoms with Crippen molar-refractivity contribution in [1.29, 1.82) is 0 Å². The van der Waals surface area contributed by atoms with Gasteiger partial charge in [0.05, 0.1) is 0 Å². The summed E-state index contributed by atoms with van der Waals surface area (Å²) in [5, 5.41) is 0. The van der Waals surface area contributed by atoms with Crippen molar-refractivity contribution in [3.8, 4) is 11.1 Å². The molecule has 0 nitrogen and oxygen atoms in total. The second kappa shape index (κ2) is 6.80. The van der Waals surface area contributed by atoms with Crippen LogP contribution in [-0.2, 0) is 12.8 Å². The van der Waals surface area contributed by atoms with Gasteiger partial charge in [-0.3, -0.25) is 0 Å². The highest BCUT2D eigenvalue weighted by molar-refractivity contribution is 5.67. The number of hydrogen-bond donors (Lipinski definition) is 0. The van der Waals surface area contributed by atoms with Gasteiger partial charge in [-0.25, -0.2) is 17.6 Å². The summed E-state index contributed by atoms with van der Waals surface area (Å²) in [6.07, 6.45) is 6.44. The van der Waals surface area contributed by atoms with Crippen molar-refractivity contribution in [2.75, 3.05) is 0 Å². The molecule has 4 heteroatoms. The van der Waals surface area contributed by atoms with Crippen molar-refractivity contribution in [3.05, 3.63) is 70.3 Å². The molecule has 0 bridgehead atoms. The second-order valence-corrected chi connectivity index (χ2v) is 6.17. The first kappa shape index (κ1) is 16.7. The van der Waals surface area contributed by atoms with Gasteiger partial charge in [-0.1, -0.05) is 37.1 Å². The molecule has 0 amide bonds. The Morgan fingerprint density at radius 2 is 1.67 bits per heavy atom. The minimum atomic E-state index is -1.54. The third-order valence-electron chi connectivity index (χ3n) is 4.50. The van der Waals surface area contributed by atoms with Gasteiger partial charge in [-0.2, -0.15) is 0 Å². The second-order valence-electron chi connectivity index (χ2n) is 6.17. The Morgan fingerprint density at radius 3 is 2.33 bits per heavy atom. The first-order chi connectivity index (χ1) is 11.5. The first-order valence-corrected chi connectivity index (χ1v) is 8.14. The average molecular weight is 334 g/mol. The van der Waals surface area contributed by atoms with Crippen molar-refractivity contribution in [1.82, 2.24) is 0 Å². The average Bonchev–Trinajstić information content (AvgIpc) is 2.57. The molecule has 0 saturated carbocycles. The van der Waals surface area contributed by atoms with Crippen LogP contribution in [-0.4, -0.2) is 0 Å². The van der Waals surface area contributed by atoms with Crippen LogP contribution in [0.2, 0.25) is 0 Å². The fraction of sp³-hybridized carbons (Fsp3) is 0.300. The van der Waals surface area contributed by atoms with E-state index in [0.29, 0.717) is 18.4 Å². The maximum Gasteiger partial charge on any atom is 0.194 e. The van der Waals surface area contributed by atoms with Gasteiger partial charge in [0.15, 0.2) is 17.5 Å². The summed E-state index contributed by atoms with van der Waals surface area (Å²) in [5.41, 5.74) is 2.87. The zero-order valence-electron chi connectivity index (χ0n) is 13.4. The van der Waals surface area contributed by atoms with Crippen molar-refractivity contribution < 1.29 is 17.6 Å². The number of unbranched alkanes of at least 4 members (excludes halogenated alkanes) is 1. The van der Waals surface area contributed by atoms with E-state index in [4.69, 9.17) is 0 Å². The fourth-order valence-corrected chi connectivity index (χ4v) is 3.14. The van der Waals surface area contributed by atoms with E-state index in [-0.39, 0.29) is 11.1 Å². The predicted octanol–water partition coefficient (Wildman–Crippen LogP) is 6.13. The molecule has 0 unspecified atom stereocenters. The number of fused-ring (bicyclic) bond motifs is 1. The van der Waals surface area contributed by atoms with E-state index in [1.54, 1.807) is 6.07 Å². The molecular weight excluding hydrogens is 316 g/mol. The molecule has 0 fully saturated rings. The highest BCUT2D eigenvalue weighted by atomic mass is 19.2. The predicted molar refractivity (Wildman–Crippen MR) is 86.7 cm³/mol. The van der Waals surface area contributed by atoms with Crippen molar-refractivity contribution in [2.24, 2.45) is 0 Å². The smallest absolute Gasteiger partial charge is 0.194 e. The van der Waals surface area contributed by atoms with Gasteiger partial charge < -0.3 is 0 Å². The molecule has 3 rings (SSSR count). The van der Waals surface area contributed by atoms with E-state index in [1.807, 2.05) is 6.08 Å². The van der Waals surface area contributed by atoms with Gasteiger partial charge in [-0.15, -0.1) is 0 Å². The normalized spacial score (nSPS) is 13.6. The highest BCUT2D eigenvalue weighted by Crippen LogP contribution is 2.33. The quantitative estimate of drug-likeness (QED) is 0.359. The molecule has 0 N–H and O–H groups in total. The molecule has 1 aliphatic rings. The molecule has 2 aromatic carbocycles. The van der Waals surface area contributed by atoms with Gasteiger partial charge >= 0.3 is 0 Å². The zero-order valence-corrected chi connectivity index (χ0v) is 13.4. The Bertz CT molecular complexity index is 783. The molecule has 0 heterocycles. The van der Waals surface area contributed by atoms with E-state index >= 15 is 0 Å². The van der Waals surface area contributed by atoms with Crippen LogP contribution in [0.3, 0.4) is 0 Å². The molecule has 0 atom stereocenters. The number of allylic oxidation sites excluding steroid dienone is 2. The van der Waals surface area contributed by atoms with Gasteiger partial charge in [0.1, 0.15) is 5.82 Å². The van der Waals surface area contributed by atoms with Gasteiger partial charge in [0.2, 0.25) is 0 Å². The van der Waals surface area contributed by atoms with Crippen LogP contribution < -0.4 is 0 Å². The van der Waals surface area contributed by atoms with E-state index in [2.05, 4.69) is 6.92 Å². The van der Waals surface area contributed by atoms with Crippen LogP contribution in [0, 0.1) is 23.3 Å². The molecule has 126 valence electrons. The maximum absolute atomic E-state index is 14.8. The van der Waals surface area contributed by atoms with Crippen molar-refractivity contribution in [2.45, 2.75) is 39.0 Å². The van der Waals surface area contributed by atoms with E-state index < -0.39 is 23.3 Å². The van der Waals surface area contributed by atoms with Crippen LogP contribution in [0.25, 0.3) is 11.1 Å². The Kier molecular flexibility index (Phi) is 4.74. The Morgan fingerprint density at radius 1 is 0.958 bits per heavy atom. The summed E-state index contributed by atoms with van der Waals surface area (Å²) in [5.74, 6) is -4.66. The number of hydrogen-bond acceptors (Lipinski definition) is 0. The van der Waals surface area contributed by atoms with Crippen molar-refractivity contribution in [3.63, 3.8) is 0 Å². The van der Waals surface area contributed by atoms with E-state index in [0.717, 1.165) is 37.0 Å². The lowest BCUT2D eigenvalue weighted by Gasteiger charge is -2.19. The Labute approximate surface area is 138 Å². The standard InChI is InChI=1S/C20H18F4/c1-2-3-4-12-5-7-15-13(9-12)6-8-16(19(15)23)14-10-17(21)20(24)18(22)11-14/h5-6,8,10-11H,2-4,7,9H2,1H3. The summed E-state index contributed by atoms with van der Waals surface area (Å²) in [4.78, 5) is 0. The topological polar surface area (TPSA) is 0 Å². The van der Waals surface area contributed by atoms with Crippen LogP contribution in [0.4, 0.5) is 17.6 Å². The Balaban J connectivity index is 1.96. The molecular formula is C20H18F4. The summed E-state index contributed by atoms with van der Waals surface area (Å²) >= 11 is 0. The van der Waals surface area contributed by atoms with Crippen LogP contribution >= 0.6 is 0 Å². The molecule has 24 heavy (non-hydrogen) atoms. The van der Waals surface area contributed by atoms with Crippen LogP contribution in [0.5, 0.6) is 0 Å². The summed E-state index contributed by atoms with van der Waals surface area (Å²) in [6, 6.07) is 4.97. The monoisotopic (exact) mass is 334 g/mol. The summed E-state index contributed by atoms with van der Waals surface area (Å²) in [7, 11) is 0. The molecule has 1 aliphatic carbocycles. The van der Waals surface area contributed by atoms with Gasteiger partial charge in [0.25, 0.3) is 0 Å². The molecule has 0 saturated heterocycles. The minimum Gasteiger partial charge on any atom is -0.206 e. The van der Waals surface area contributed by atoms with Gasteiger partial charge in [-0.05, 0) is 54.5 Å². The fourth-order valence-electron chi connectivity index (χ4n) is 3.14. The van der Waals surface area contributed by atoms with Crippen LogP contribution in [0.15, 0.2) is 35.9 Å². The first-order valence-electron chi connectivity index (χ1n) is 8.14. The van der Waals surface area contributed by atoms with E-state index in [1.165, 1.54) is 11.6 Å². The lowest BCUT2D eigenvalue weighted by Crippen LogP contribution is -2.07.